The number of pyridine rings is 1. The van der Waals surface area contributed by atoms with Crippen molar-refractivity contribution in [2.45, 2.75) is 39.4 Å². The van der Waals surface area contributed by atoms with Crippen molar-refractivity contribution >= 4 is 0 Å². The molecule has 0 aromatic carbocycles. The van der Waals surface area contributed by atoms with E-state index in [9.17, 15) is 5.11 Å². The highest BCUT2D eigenvalue weighted by Crippen LogP contribution is 2.16. The van der Waals surface area contributed by atoms with Crippen molar-refractivity contribution < 1.29 is 9.84 Å². The largest absolute Gasteiger partial charge is 0.386 e. The predicted molar refractivity (Wildman–Crippen MR) is 59.6 cm³/mol. The summed E-state index contributed by atoms with van der Waals surface area (Å²) in [6.07, 6.45) is 2.83. The quantitative estimate of drug-likeness (QED) is 0.830. The SMILES string of the molecule is Cc1cncc(C(O)COC(C)(C)C)c1. The third kappa shape index (κ3) is 4.40. The van der Waals surface area contributed by atoms with E-state index in [4.69, 9.17) is 4.74 Å². The van der Waals surface area contributed by atoms with Crippen molar-refractivity contribution in [1.29, 1.82) is 0 Å². The van der Waals surface area contributed by atoms with Crippen LogP contribution in [0.1, 0.15) is 38.0 Å². The van der Waals surface area contributed by atoms with E-state index in [0.717, 1.165) is 11.1 Å². The fraction of sp³-hybridized carbons (Fsp3) is 0.583. The Hall–Kier alpha value is -0.930. The van der Waals surface area contributed by atoms with Gasteiger partial charge in [0.05, 0.1) is 12.2 Å². The number of hydrogen-bond acceptors (Lipinski definition) is 3. The molecule has 0 amide bonds. The minimum Gasteiger partial charge on any atom is -0.386 e. The summed E-state index contributed by atoms with van der Waals surface area (Å²) in [6, 6.07) is 1.92. The molecule has 1 atom stereocenters. The maximum atomic E-state index is 9.84. The lowest BCUT2D eigenvalue weighted by atomic mass is 10.1. The average molecular weight is 209 g/mol. The Balaban J connectivity index is 2.58. The van der Waals surface area contributed by atoms with Gasteiger partial charge in [-0.25, -0.2) is 0 Å². The van der Waals surface area contributed by atoms with Gasteiger partial charge >= 0.3 is 0 Å². The van der Waals surface area contributed by atoms with Crippen molar-refractivity contribution in [2.75, 3.05) is 6.61 Å². The summed E-state index contributed by atoms with van der Waals surface area (Å²) in [7, 11) is 0. The minimum atomic E-state index is -0.600. The maximum Gasteiger partial charge on any atom is 0.104 e. The van der Waals surface area contributed by atoms with Gasteiger partial charge in [-0.3, -0.25) is 4.98 Å². The maximum absolute atomic E-state index is 9.84. The van der Waals surface area contributed by atoms with Gasteiger partial charge in [-0.2, -0.15) is 0 Å². The van der Waals surface area contributed by atoms with Crippen molar-refractivity contribution in [3.05, 3.63) is 29.6 Å². The van der Waals surface area contributed by atoms with Gasteiger partial charge in [0, 0.05) is 18.0 Å². The Morgan fingerprint density at radius 1 is 1.40 bits per heavy atom. The topological polar surface area (TPSA) is 42.4 Å². The molecular weight excluding hydrogens is 190 g/mol. The van der Waals surface area contributed by atoms with Gasteiger partial charge in [0.2, 0.25) is 0 Å². The molecule has 1 aromatic rings. The highest BCUT2D eigenvalue weighted by molar-refractivity contribution is 5.18. The number of aryl methyl sites for hydroxylation is 1. The monoisotopic (exact) mass is 209 g/mol. The first kappa shape index (κ1) is 12.1. The summed E-state index contributed by atoms with van der Waals surface area (Å²) < 4.78 is 5.51. The number of ether oxygens (including phenoxy) is 1. The van der Waals surface area contributed by atoms with Crippen molar-refractivity contribution in [2.24, 2.45) is 0 Å². The van der Waals surface area contributed by atoms with Crippen LogP contribution in [0.4, 0.5) is 0 Å². The first-order valence-corrected chi connectivity index (χ1v) is 5.12. The molecule has 15 heavy (non-hydrogen) atoms. The normalized spacial score (nSPS) is 13.9. The zero-order chi connectivity index (χ0) is 11.5. The van der Waals surface area contributed by atoms with Gasteiger partial charge in [0.15, 0.2) is 0 Å². The lowest BCUT2D eigenvalue weighted by molar-refractivity contribution is -0.0497. The molecule has 0 radical (unpaired) electrons. The Morgan fingerprint density at radius 2 is 2.07 bits per heavy atom. The van der Waals surface area contributed by atoms with Gasteiger partial charge in [-0.05, 0) is 33.3 Å². The van der Waals surface area contributed by atoms with Crippen LogP contribution in [0.5, 0.6) is 0 Å². The molecule has 1 heterocycles. The van der Waals surface area contributed by atoms with Gasteiger partial charge in [-0.15, -0.1) is 0 Å². The fourth-order valence-electron chi connectivity index (χ4n) is 1.19. The van der Waals surface area contributed by atoms with Crippen LogP contribution in [0.25, 0.3) is 0 Å². The van der Waals surface area contributed by atoms with Crippen LogP contribution in [-0.4, -0.2) is 22.3 Å². The average Bonchev–Trinajstić information content (AvgIpc) is 2.13. The molecule has 3 heteroatoms. The lowest BCUT2D eigenvalue weighted by Crippen LogP contribution is -2.22. The number of nitrogens with zero attached hydrogens (tertiary/aromatic N) is 1. The Bertz CT molecular complexity index is 318. The molecule has 1 unspecified atom stereocenters. The van der Waals surface area contributed by atoms with Crippen LogP contribution < -0.4 is 0 Å². The molecule has 0 saturated carbocycles. The third-order valence-corrected chi connectivity index (χ3v) is 1.96. The number of aromatic nitrogens is 1. The minimum absolute atomic E-state index is 0.224. The molecule has 0 aliphatic heterocycles. The Morgan fingerprint density at radius 3 is 2.60 bits per heavy atom. The van der Waals surface area contributed by atoms with Crippen LogP contribution in [0.15, 0.2) is 18.5 Å². The number of rotatable bonds is 3. The zero-order valence-corrected chi connectivity index (χ0v) is 9.82. The van der Waals surface area contributed by atoms with Crippen LogP contribution >= 0.6 is 0 Å². The van der Waals surface area contributed by atoms with E-state index in [2.05, 4.69) is 4.98 Å². The Kier molecular flexibility index (Phi) is 3.83. The molecule has 0 saturated heterocycles. The molecule has 0 bridgehead atoms. The summed E-state index contributed by atoms with van der Waals surface area (Å²) in [6.45, 7) is 8.15. The standard InChI is InChI=1S/C12H19NO2/c1-9-5-10(7-13-6-9)11(14)8-15-12(2,3)4/h5-7,11,14H,8H2,1-4H3. The summed E-state index contributed by atoms with van der Waals surface area (Å²) in [4.78, 5) is 4.03. The third-order valence-electron chi connectivity index (χ3n) is 1.96. The van der Waals surface area contributed by atoms with Crippen LogP contribution in [0.3, 0.4) is 0 Å². The highest BCUT2D eigenvalue weighted by atomic mass is 16.5. The fourth-order valence-corrected chi connectivity index (χ4v) is 1.19. The molecule has 3 nitrogen and oxygen atoms in total. The molecule has 0 aliphatic rings. The first-order chi connectivity index (χ1) is 6.88. The summed E-state index contributed by atoms with van der Waals surface area (Å²) >= 11 is 0. The molecule has 0 fully saturated rings. The van der Waals surface area contributed by atoms with E-state index in [1.165, 1.54) is 0 Å². The smallest absolute Gasteiger partial charge is 0.104 e. The van der Waals surface area contributed by atoms with E-state index in [1.54, 1.807) is 12.4 Å². The molecule has 0 aliphatic carbocycles. The van der Waals surface area contributed by atoms with Gasteiger partial charge in [0.25, 0.3) is 0 Å². The van der Waals surface area contributed by atoms with E-state index < -0.39 is 6.10 Å². The number of aliphatic hydroxyl groups excluding tert-OH is 1. The van der Waals surface area contributed by atoms with Crippen LogP contribution in [0, 0.1) is 6.92 Å². The summed E-state index contributed by atoms with van der Waals surface area (Å²) in [5.41, 5.74) is 1.62. The zero-order valence-electron chi connectivity index (χ0n) is 9.82. The summed E-state index contributed by atoms with van der Waals surface area (Å²) in [5.74, 6) is 0. The van der Waals surface area contributed by atoms with Crippen LogP contribution in [0.2, 0.25) is 0 Å². The molecule has 84 valence electrons. The number of aliphatic hydroxyl groups is 1. The number of hydrogen-bond donors (Lipinski definition) is 1. The molecule has 1 N–H and O–H groups in total. The van der Waals surface area contributed by atoms with E-state index in [-0.39, 0.29) is 5.60 Å². The van der Waals surface area contributed by atoms with Gasteiger partial charge in [0.1, 0.15) is 6.10 Å². The molecule has 1 aromatic heterocycles. The highest BCUT2D eigenvalue weighted by Gasteiger charge is 2.15. The second kappa shape index (κ2) is 4.73. The van der Waals surface area contributed by atoms with E-state index >= 15 is 0 Å². The molecule has 0 spiro atoms. The summed E-state index contributed by atoms with van der Waals surface area (Å²) in [5, 5.41) is 9.84. The van der Waals surface area contributed by atoms with Crippen molar-refractivity contribution in [3.8, 4) is 0 Å². The van der Waals surface area contributed by atoms with Crippen LogP contribution in [-0.2, 0) is 4.74 Å². The van der Waals surface area contributed by atoms with Crippen molar-refractivity contribution in [1.82, 2.24) is 4.98 Å². The molecule has 1 rings (SSSR count). The Labute approximate surface area is 91.1 Å². The lowest BCUT2D eigenvalue weighted by Gasteiger charge is -2.22. The van der Waals surface area contributed by atoms with Gasteiger partial charge < -0.3 is 9.84 Å². The second-order valence-electron chi connectivity index (χ2n) is 4.73. The predicted octanol–water partition coefficient (Wildman–Crippen LogP) is 2.24. The van der Waals surface area contributed by atoms with Gasteiger partial charge in [-0.1, -0.05) is 6.07 Å². The van der Waals surface area contributed by atoms with Crippen molar-refractivity contribution in [3.63, 3.8) is 0 Å². The first-order valence-electron chi connectivity index (χ1n) is 5.12. The second-order valence-corrected chi connectivity index (χ2v) is 4.73. The van der Waals surface area contributed by atoms with E-state index in [1.807, 2.05) is 33.8 Å². The molecular formula is C12H19NO2. The van der Waals surface area contributed by atoms with E-state index in [0.29, 0.717) is 6.61 Å².